The van der Waals surface area contributed by atoms with E-state index in [1.807, 2.05) is 0 Å². The Morgan fingerprint density at radius 3 is 0.878 bits per heavy atom. The summed E-state index contributed by atoms with van der Waals surface area (Å²) in [6, 6.07) is 47.8. The predicted molar refractivity (Wildman–Crippen MR) is 210 cm³/mol. The van der Waals surface area contributed by atoms with Gasteiger partial charge >= 0.3 is 0 Å². The maximum atomic E-state index is 2.60. The average Bonchev–Trinajstić information content (AvgIpc) is 3.54. The molecule has 0 saturated carbocycles. The molecule has 6 rings (SSSR count). The van der Waals surface area contributed by atoms with E-state index in [-0.39, 0.29) is 16.5 Å². The molecule has 256 valence electrons. The summed E-state index contributed by atoms with van der Waals surface area (Å²) >= 11 is 0. The zero-order valence-corrected chi connectivity index (χ0v) is 32.1. The van der Waals surface area contributed by atoms with Crippen molar-refractivity contribution in [2.45, 2.75) is 79.1 Å². The molecule has 49 heavy (non-hydrogen) atoms. The summed E-state index contributed by atoms with van der Waals surface area (Å²) in [5.74, 6) is 1.42. The third-order valence-electron chi connectivity index (χ3n) is 9.69. The fraction of sp³-hybridized carbons (Fsp3) is 0.267. The normalized spacial score (nSPS) is 11.8. The molecule has 4 heteroatoms. The third kappa shape index (κ3) is 6.61. The van der Waals surface area contributed by atoms with Gasteiger partial charge in [-0.2, -0.15) is 0 Å². The number of para-hydroxylation sites is 2. The molecule has 0 atom stereocenters. The summed E-state index contributed by atoms with van der Waals surface area (Å²) in [7, 11) is 0. The Kier molecular flexibility index (Phi) is 11.5. The first-order valence-electron chi connectivity index (χ1n) is 17.6. The standard InChI is InChI=1S/C45H51N2P.Ni/c1-32(2)39-26-18-27-40(33(3)4)43(39)46-30-31-47(44-41(34(5)6)28-19-29-42(44)35(7)8)45(46)48(36-20-12-9-13-21-36,37-22-14-10-15-23-37)38-24-16-11-17-25-38;/h9-35H,1-8H3;. The zero-order chi connectivity index (χ0) is 34.0. The Morgan fingerprint density at radius 2 is 0.633 bits per heavy atom. The van der Waals surface area contributed by atoms with Crippen molar-refractivity contribution in [2.75, 3.05) is 0 Å². The molecule has 6 aromatic rings. The summed E-state index contributed by atoms with van der Waals surface area (Å²) in [4.78, 5) is 0. The van der Waals surface area contributed by atoms with Gasteiger partial charge in [0.05, 0.1) is 11.4 Å². The van der Waals surface area contributed by atoms with E-state index in [4.69, 9.17) is 0 Å². The maximum Gasteiger partial charge on any atom is 0.129 e. The Balaban J connectivity index is 0.00000468. The molecule has 0 saturated heterocycles. The van der Waals surface area contributed by atoms with Crippen molar-refractivity contribution in [2.24, 2.45) is 0 Å². The van der Waals surface area contributed by atoms with E-state index in [0.29, 0.717) is 23.7 Å². The molecule has 0 amide bonds. The van der Waals surface area contributed by atoms with Gasteiger partial charge in [-0.3, -0.25) is 0 Å². The Bertz CT molecular complexity index is 1850. The molecule has 0 fully saturated rings. The molecule has 0 aliphatic carbocycles. The topological polar surface area (TPSA) is 9.86 Å². The minimum absolute atomic E-state index is 0. The van der Waals surface area contributed by atoms with Crippen LogP contribution < -0.4 is 15.9 Å². The number of benzene rings is 5. The van der Waals surface area contributed by atoms with Crippen LogP contribution in [0.4, 0.5) is 0 Å². The summed E-state index contributed by atoms with van der Waals surface area (Å²) in [5.41, 5.74) is 8.13. The van der Waals surface area contributed by atoms with Gasteiger partial charge in [0.2, 0.25) is 0 Å². The van der Waals surface area contributed by atoms with Crippen molar-refractivity contribution in [3.8, 4) is 11.4 Å². The van der Waals surface area contributed by atoms with Gasteiger partial charge in [-0.15, -0.1) is 0 Å². The molecule has 0 spiro atoms. The van der Waals surface area contributed by atoms with Gasteiger partial charge in [0, 0.05) is 35.8 Å². The SMILES string of the molecule is CC(C)c1cccc(C(C)C)c1-n1ccn(-c2c(C(C)C)cccc2C(C)C)c1=P(c1ccccc1)(c1ccccc1)c1ccccc1.[Ni]. The molecule has 1 heterocycles. The van der Waals surface area contributed by atoms with Crippen LogP contribution in [0.15, 0.2) is 140 Å². The molecule has 2 nitrogen and oxygen atoms in total. The molecule has 0 radical (unpaired) electrons. The summed E-state index contributed by atoms with van der Waals surface area (Å²) in [6.07, 6.45) is 4.74. The van der Waals surface area contributed by atoms with Crippen LogP contribution in [0.5, 0.6) is 0 Å². The Hall–Kier alpha value is -3.77. The van der Waals surface area contributed by atoms with Crippen LogP contribution in [-0.2, 0) is 16.5 Å². The predicted octanol–water partition coefficient (Wildman–Crippen LogP) is 11.3. The number of aromatic nitrogens is 2. The molecule has 0 N–H and O–H groups in total. The smallest absolute Gasteiger partial charge is 0.129 e. The Morgan fingerprint density at radius 1 is 0.367 bits per heavy atom. The van der Waals surface area contributed by atoms with E-state index in [1.165, 1.54) is 54.7 Å². The van der Waals surface area contributed by atoms with Crippen molar-refractivity contribution in [1.82, 2.24) is 9.13 Å². The number of hydrogen-bond acceptors (Lipinski definition) is 0. The molecule has 0 aliphatic heterocycles. The van der Waals surface area contributed by atoms with E-state index < -0.39 is 6.89 Å². The van der Waals surface area contributed by atoms with Crippen molar-refractivity contribution >= 4 is 22.8 Å². The summed E-state index contributed by atoms with van der Waals surface area (Å²) in [5, 5.41) is 5.35. The molecule has 0 aliphatic rings. The van der Waals surface area contributed by atoms with Gasteiger partial charge in [0.1, 0.15) is 5.20 Å². The van der Waals surface area contributed by atoms with E-state index in [2.05, 4.69) is 204 Å². The summed E-state index contributed by atoms with van der Waals surface area (Å²) in [6.45, 7) is 16.1. The fourth-order valence-electron chi connectivity index (χ4n) is 7.38. The van der Waals surface area contributed by atoms with Gasteiger partial charge in [-0.25, -0.2) is 0 Å². The van der Waals surface area contributed by atoms with Crippen LogP contribution in [-0.4, -0.2) is 9.13 Å². The second-order valence-corrected chi connectivity index (χ2v) is 17.5. The quantitative estimate of drug-likeness (QED) is 0.104. The largest absolute Gasteiger partial charge is 0.300 e. The number of nitrogens with zero attached hydrogens (tertiary/aromatic N) is 2. The molecular formula is C45H51N2NiP. The Labute approximate surface area is 304 Å². The van der Waals surface area contributed by atoms with Gasteiger partial charge < -0.3 is 9.13 Å². The first kappa shape index (κ1) is 36.5. The van der Waals surface area contributed by atoms with Crippen LogP contribution in [0.3, 0.4) is 0 Å². The number of imidazole rings is 1. The van der Waals surface area contributed by atoms with Gasteiger partial charge in [0.15, 0.2) is 0 Å². The van der Waals surface area contributed by atoms with Crippen molar-refractivity contribution < 1.29 is 16.5 Å². The fourth-order valence-corrected chi connectivity index (χ4v) is 11.8. The molecule has 1 aromatic heterocycles. The van der Waals surface area contributed by atoms with E-state index >= 15 is 0 Å². The molecule has 5 aromatic carbocycles. The van der Waals surface area contributed by atoms with E-state index in [0.717, 1.165) is 0 Å². The van der Waals surface area contributed by atoms with Crippen LogP contribution >= 0.6 is 6.89 Å². The van der Waals surface area contributed by atoms with E-state index in [1.54, 1.807) is 0 Å². The monoisotopic (exact) mass is 708 g/mol. The van der Waals surface area contributed by atoms with Crippen LogP contribution in [0.2, 0.25) is 0 Å². The maximum absolute atomic E-state index is 2.60. The minimum atomic E-state index is -2.54. The van der Waals surface area contributed by atoms with Gasteiger partial charge in [-0.1, -0.05) is 183 Å². The molecule has 0 unspecified atom stereocenters. The second kappa shape index (κ2) is 15.4. The molecular weight excluding hydrogens is 658 g/mol. The van der Waals surface area contributed by atoms with Gasteiger partial charge in [-0.05, 0) is 61.8 Å². The first-order valence-corrected chi connectivity index (χ1v) is 19.4. The van der Waals surface area contributed by atoms with Crippen LogP contribution in [0.25, 0.3) is 11.4 Å². The zero-order valence-electron chi connectivity index (χ0n) is 30.2. The minimum Gasteiger partial charge on any atom is -0.300 e. The number of hydrogen-bond donors (Lipinski definition) is 0. The first-order chi connectivity index (χ1) is 23.2. The second-order valence-electron chi connectivity index (χ2n) is 14.2. The van der Waals surface area contributed by atoms with Crippen molar-refractivity contribution in [3.63, 3.8) is 0 Å². The average molecular weight is 710 g/mol. The van der Waals surface area contributed by atoms with E-state index in [9.17, 15) is 0 Å². The van der Waals surface area contributed by atoms with Crippen LogP contribution in [0, 0.1) is 5.20 Å². The van der Waals surface area contributed by atoms with Crippen molar-refractivity contribution in [3.05, 3.63) is 167 Å². The molecule has 0 bridgehead atoms. The third-order valence-corrected chi connectivity index (χ3v) is 13.9. The number of rotatable bonds is 9. The van der Waals surface area contributed by atoms with Crippen molar-refractivity contribution in [1.29, 1.82) is 0 Å². The van der Waals surface area contributed by atoms with Gasteiger partial charge in [0.25, 0.3) is 0 Å². The summed E-state index contributed by atoms with van der Waals surface area (Å²) < 4.78 is 5.21. The van der Waals surface area contributed by atoms with Crippen LogP contribution in [0.1, 0.15) is 101 Å².